The van der Waals surface area contributed by atoms with Gasteiger partial charge in [0.25, 0.3) is 0 Å². The zero-order valence-corrected chi connectivity index (χ0v) is 15.3. The van der Waals surface area contributed by atoms with Gasteiger partial charge in [-0.15, -0.1) is 6.58 Å². The number of quaternary nitrogens is 1. The minimum Gasteiger partial charge on any atom is -0.550 e. The summed E-state index contributed by atoms with van der Waals surface area (Å²) in [5.41, 5.74) is 1.17. The molecule has 5 atom stereocenters. The van der Waals surface area contributed by atoms with Crippen LogP contribution >= 0.6 is 0 Å². The van der Waals surface area contributed by atoms with Gasteiger partial charge in [-0.2, -0.15) is 0 Å². The van der Waals surface area contributed by atoms with E-state index in [1.54, 1.807) is 5.57 Å². The highest BCUT2D eigenvalue weighted by Gasteiger charge is 2.56. The molecule has 23 heavy (non-hydrogen) atoms. The first kappa shape index (κ1) is 18.3. The van der Waals surface area contributed by atoms with Gasteiger partial charge in [-0.3, -0.25) is 0 Å². The quantitative estimate of drug-likeness (QED) is 0.772. The van der Waals surface area contributed by atoms with E-state index in [-0.39, 0.29) is 22.9 Å². The molecule has 130 valence electrons. The SMILES string of the molecule is C=C[C@@]1(C)C=C2CC[C@@H]3[C@](C)(CCC[C@@]3(C)C(=O)[O-])[C@H]2CC1.[NH4+]. The first-order valence-electron chi connectivity index (χ1n) is 8.82. The van der Waals surface area contributed by atoms with Crippen LogP contribution < -0.4 is 11.3 Å². The van der Waals surface area contributed by atoms with Crippen molar-refractivity contribution in [1.82, 2.24) is 6.15 Å². The molecular weight excluding hydrogens is 286 g/mol. The van der Waals surface area contributed by atoms with E-state index in [1.807, 2.05) is 6.92 Å². The Labute approximate surface area is 140 Å². The fourth-order valence-corrected chi connectivity index (χ4v) is 5.93. The van der Waals surface area contributed by atoms with Crippen molar-refractivity contribution in [3.63, 3.8) is 0 Å². The average Bonchev–Trinajstić information content (AvgIpc) is 2.46. The molecule has 0 amide bonds. The number of hydrogen-bond donors (Lipinski definition) is 1. The van der Waals surface area contributed by atoms with Crippen molar-refractivity contribution in [2.45, 2.75) is 65.7 Å². The number of carboxylic acid groups (broad SMARTS) is 1. The average molecular weight is 319 g/mol. The van der Waals surface area contributed by atoms with Crippen molar-refractivity contribution >= 4 is 5.97 Å². The van der Waals surface area contributed by atoms with Crippen LogP contribution in [0.4, 0.5) is 0 Å². The molecule has 3 aliphatic rings. The van der Waals surface area contributed by atoms with Crippen LogP contribution in [0.1, 0.15) is 65.7 Å². The molecule has 0 aliphatic heterocycles. The number of rotatable bonds is 2. The molecule has 0 aromatic rings. The molecule has 0 bridgehead atoms. The number of fused-ring (bicyclic) bond motifs is 3. The molecule has 2 fully saturated rings. The van der Waals surface area contributed by atoms with Crippen LogP contribution in [0.2, 0.25) is 0 Å². The maximum atomic E-state index is 11.8. The van der Waals surface area contributed by atoms with Gasteiger partial charge in [-0.1, -0.05) is 44.9 Å². The minimum atomic E-state index is -0.831. The highest BCUT2D eigenvalue weighted by atomic mass is 16.4. The summed E-state index contributed by atoms with van der Waals surface area (Å²) in [4.78, 5) is 11.8. The van der Waals surface area contributed by atoms with Crippen LogP contribution in [0.25, 0.3) is 0 Å². The van der Waals surface area contributed by atoms with Crippen molar-refractivity contribution in [2.75, 3.05) is 0 Å². The van der Waals surface area contributed by atoms with Crippen LogP contribution in [-0.4, -0.2) is 5.97 Å². The molecule has 0 unspecified atom stereocenters. The molecule has 3 rings (SSSR count). The van der Waals surface area contributed by atoms with Gasteiger partial charge in [0.1, 0.15) is 0 Å². The summed E-state index contributed by atoms with van der Waals surface area (Å²) in [6.07, 6.45) is 11.8. The summed E-state index contributed by atoms with van der Waals surface area (Å²) in [6, 6.07) is 0. The third-order valence-electron chi connectivity index (χ3n) is 7.36. The molecule has 0 spiro atoms. The van der Waals surface area contributed by atoms with Crippen LogP contribution in [0.3, 0.4) is 0 Å². The first-order valence-corrected chi connectivity index (χ1v) is 8.82. The van der Waals surface area contributed by atoms with Gasteiger partial charge in [0.15, 0.2) is 0 Å². The van der Waals surface area contributed by atoms with Crippen molar-refractivity contribution in [3.8, 4) is 0 Å². The van der Waals surface area contributed by atoms with Gasteiger partial charge in [-0.25, -0.2) is 0 Å². The Kier molecular flexibility index (Phi) is 4.58. The van der Waals surface area contributed by atoms with E-state index in [1.165, 1.54) is 6.42 Å². The fraction of sp³-hybridized carbons (Fsp3) is 0.750. The lowest BCUT2D eigenvalue weighted by Crippen LogP contribution is -2.57. The molecule has 0 aromatic heterocycles. The van der Waals surface area contributed by atoms with E-state index in [0.29, 0.717) is 5.92 Å². The van der Waals surface area contributed by atoms with E-state index >= 15 is 0 Å². The van der Waals surface area contributed by atoms with Crippen LogP contribution in [0, 0.1) is 28.1 Å². The summed E-state index contributed by atoms with van der Waals surface area (Å²) in [5.74, 6) is -0.0187. The van der Waals surface area contributed by atoms with Gasteiger partial charge in [0, 0.05) is 16.8 Å². The second-order valence-corrected chi connectivity index (χ2v) is 8.68. The zero-order chi connectivity index (χ0) is 16.2. The van der Waals surface area contributed by atoms with Gasteiger partial charge < -0.3 is 16.1 Å². The monoisotopic (exact) mass is 319 g/mol. The summed E-state index contributed by atoms with van der Waals surface area (Å²) in [7, 11) is 0. The topological polar surface area (TPSA) is 76.6 Å². The van der Waals surface area contributed by atoms with Crippen molar-refractivity contribution < 1.29 is 9.90 Å². The highest BCUT2D eigenvalue weighted by molar-refractivity contribution is 5.73. The number of hydrogen-bond acceptors (Lipinski definition) is 2. The molecule has 0 radical (unpaired) electrons. The van der Waals surface area contributed by atoms with Crippen molar-refractivity contribution in [3.05, 3.63) is 24.3 Å². The second kappa shape index (κ2) is 5.77. The van der Waals surface area contributed by atoms with E-state index < -0.39 is 11.4 Å². The summed E-state index contributed by atoms with van der Waals surface area (Å²) < 4.78 is 0. The summed E-state index contributed by atoms with van der Waals surface area (Å²) >= 11 is 0. The number of carbonyl (C=O) groups excluding carboxylic acids is 1. The maximum Gasteiger partial charge on any atom is 0.0476 e. The van der Waals surface area contributed by atoms with Crippen molar-refractivity contribution in [2.24, 2.45) is 28.1 Å². The lowest BCUT2D eigenvalue weighted by molar-refractivity contribution is -0.326. The third kappa shape index (κ3) is 2.57. The predicted molar refractivity (Wildman–Crippen MR) is 92.9 cm³/mol. The number of carboxylic acids is 1. The Bertz CT molecular complexity index is 540. The Morgan fingerprint density at radius 3 is 2.57 bits per heavy atom. The molecule has 0 heterocycles. The summed E-state index contributed by atoms with van der Waals surface area (Å²) in [6.45, 7) is 10.6. The van der Waals surface area contributed by atoms with Gasteiger partial charge >= 0.3 is 0 Å². The Balaban J connectivity index is 0.00000192. The maximum absolute atomic E-state index is 11.8. The molecule has 4 N–H and O–H groups in total. The number of aliphatic carboxylic acids is 1. The Morgan fingerprint density at radius 1 is 1.26 bits per heavy atom. The van der Waals surface area contributed by atoms with Crippen molar-refractivity contribution in [1.29, 1.82) is 0 Å². The number of allylic oxidation sites excluding steroid dienone is 3. The normalized spacial score (nSPS) is 45.8. The Morgan fingerprint density at radius 2 is 1.96 bits per heavy atom. The van der Waals surface area contributed by atoms with Crippen LogP contribution in [0.5, 0.6) is 0 Å². The van der Waals surface area contributed by atoms with E-state index in [2.05, 4.69) is 32.6 Å². The highest BCUT2D eigenvalue weighted by Crippen LogP contribution is 2.63. The lowest BCUT2D eigenvalue weighted by Gasteiger charge is -2.60. The third-order valence-corrected chi connectivity index (χ3v) is 7.36. The van der Waals surface area contributed by atoms with Gasteiger partial charge in [0.2, 0.25) is 0 Å². The van der Waals surface area contributed by atoms with Crippen LogP contribution in [0.15, 0.2) is 24.3 Å². The largest absolute Gasteiger partial charge is 0.550 e. The molecule has 3 nitrogen and oxygen atoms in total. The molecule has 0 saturated heterocycles. The lowest BCUT2D eigenvalue weighted by atomic mass is 9.45. The van der Waals surface area contributed by atoms with Gasteiger partial charge in [0.05, 0.1) is 0 Å². The second-order valence-electron chi connectivity index (χ2n) is 8.68. The molecular formula is C20H33NO2. The first-order chi connectivity index (χ1) is 10.3. The molecule has 0 aromatic carbocycles. The molecule has 3 heteroatoms. The van der Waals surface area contributed by atoms with E-state index in [4.69, 9.17) is 0 Å². The smallest absolute Gasteiger partial charge is 0.0476 e. The van der Waals surface area contributed by atoms with Gasteiger partial charge in [-0.05, 0) is 55.8 Å². The van der Waals surface area contributed by atoms with Crippen LogP contribution in [-0.2, 0) is 4.79 Å². The Hall–Kier alpha value is -1.09. The zero-order valence-electron chi connectivity index (χ0n) is 15.3. The summed E-state index contributed by atoms with van der Waals surface area (Å²) in [5, 5.41) is 11.8. The van der Waals surface area contributed by atoms with E-state index in [9.17, 15) is 9.90 Å². The molecule has 3 aliphatic carbocycles. The minimum absolute atomic E-state index is 0. The number of carbonyl (C=O) groups is 1. The van der Waals surface area contributed by atoms with E-state index in [0.717, 1.165) is 38.5 Å². The molecule has 2 saturated carbocycles. The predicted octanol–water partition coefficient (Wildman–Crippen LogP) is 4.25. The fourth-order valence-electron chi connectivity index (χ4n) is 5.93. The standard InChI is InChI=1S/C20H30O2.H3N/c1-5-18(2)12-9-15-14(13-18)7-8-16-19(15,3)10-6-11-20(16,4)17(21)22;/h5,13,15-16H,1,6-12H2,2-4H3,(H,21,22);1H3/t15-,16+,18+,19+,20+;/m0./s1.